The lowest BCUT2D eigenvalue weighted by Gasteiger charge is -2.23. The molecule has 1 saturated carbocycles. The third-order valence-electron chi connectivity index (χ3n) is 5.61. The topological polar surface area (TPSA) is 125 Å². The Kier molecular flexibility index (Phi) is 6.67. The van der Waals surface area contributed by atoms with Crippen LogP contribution in [0.3, 0.4) is 0 Å². The number of nitrogens with zero attached hydrogens (tertiary/aromatic N) is 3. The minimum absolute atomic E-state index is 0.0442. The van der Waals surface area contributed by atoms with Gasteiger partial charge in [0.15, 0.2) is 0 Å². The molecule has 0 N–H and O–H groups in total. The normalized spacial score (nSPS) is 17.7. The largest absolute Gasteiger partial charge is 0.365 e. The molecule has 168 valence electrons. The number of oxime groups is 1. The van der Waals surface area contributed by atoms with Crippen LogP contribution < -0.4 is 0 Å². The Bertz CT molecular complexity index is 1070. The summed E-state index contributed by atoms with van der Waals surface area (Å²) in [6, 6.07) is 10.7. The van der Waals surface area contributed by atoms with Crippen LogP contribution in [0, 0.1) is 20.2 Å². The average Bonchev–Trinajstić information content (AvgIpc) is 2.76. The van der Waals surface area contributed by atoms with Crippen molar-refractivity contribution in [2.75, 3.05) is 0 Å². The van der Waals surface area contributed by atoms with Crippen LogP contribution >= 0.6 is 0 Å². The molecule has 9 nitrogen and oxygen atoms in total. The molecule has 0 heterocycles. The van der Waals surface area contributed by atoms with Crippen LogP contribution in [0.4, 0.5) is 11.4 Å². The number of non-ortho nitro benzene ring substituents is 1. The molecule has 0 aromatic heterocycles. The molecule has 2 aromatic carbocycles. The summed E-state index contributed by atoms with van der Waals surface area (Å²) in [4.78, 5) is 38.9. The Balaban J connectivity index is 1.85. The molecule has 0 spiro atoms. The number of rotatable bonds is 5. The molecule has 0 aliphatic heterocycles. The van der Waals surface area contributed by atoms with Gasteiger partial charge in [-0.25, -0.2) is 4.79 Å². The smallest absolute Gasteiger partial charge is 0.313 e. The van der Waals surface area contributed by atoms with Crippen molar-refractivity contribution in [2.24, 2.45) is 5.16 Å². The van der Waals surface area contributed by atoms with E-state index in [4.69, 9.17) is 4.84 Å². The zero-order valence-corrected chi connectivity index (χ0v) is 18.2. The number of hydrogen-bond acceptors (Lipinski definition) is 7. The van der Waals surface area contributed by atoms with Crippen LogP contribution in [0.15, 0.2) is 47.6 Å². The number of carbonyl (C=O) groups is 1. The summed E-state index contributed by atoms with van der Waals surface area (Å²) in [5.41, 5.74) is 1.58. The Hall–Kier alpha value is -3.62. The van der Waals surface area contributed by atoms with Gasteiger partial charge >= 0.3 is 5.97 Å². The fourth-order valence-electron chi connectivity index (χ4n) is 3.80. The lowest BCUT2D eigenvalue weighted by Crippen LogP contribution is -2.20. The van der Waals surface area contributed by atoms with Crippen molar-refractivity contribution in [1.82, 2.24) is 0 Å². The van der Waals surface area contributed by atoms with Gasteiger partial charge in [0.1, 0.15) is 0 Å². The fraction of sp³-hybridized carbons (Fsp3) is 0.391. The van der Waals surface area contributed by atoms with Gasteiger partial charge in [-0.2, -0.15) is 0 Å². The lowest BCUT2D eigenvalue weighted by atomic mass is 9.81. The highest BCUT2D eigenvalue weighted by Crippen LogP contribution is 2.37. The second kappa shape index (κ2) is 9.25. The van der Waals surface area contributed by atoms with E-state index < -0.39 is 21.7 Å². The van der Waals surface area contributed by atoms with Crippen molar-refractivity contribution in [3.05, 3.63) is 79.4 Å². The van der Waals surface area contributed by atoms with Crippen LogP contribution in [0.1, 0.15) is 73.9 Å². The first-order valence-electron chi connectivity index (χ1n) is 10.4. The van der Waals surface area contributed by atoms with Gasteiger partial charge < -0.3 is 4.84 Å². The Morgan fingerprint density at radius 1 is 1.03 bits per heavy atom. The Morgan fingerprint density at radius 2 is 1.72 bits per heavy atom. The lowest BCUT2D eigenvalue weighted by molar-refractivity contribution is -0.394. The average molecular weight is 439 g/mol. The Morgan fingerprint density at radius 3 is 2.31 bits per heavy atom. The SMILES string of the molecule is CC(C)(C)c1ccc(C(=O)O/N=C2\CCCCC2c2ccc([N+](=O)[O-])cc2[N+](=O)[O-])cc1. The van der Waals surface area contributed by atoms with Gasteiger partial charge in [0.2, 0.25) is 0 Å². The molecule has 1 fully saturated rings. The number of carbonyl (C=O) groups excluding carboxylic acids is 1. The molecule has 3 rings (SSSR count). The molecule has 9 heteroatoms. The zero-order valence-electron chi connectivity index (χ0n) is 18.2. The molecule has 0 saturated heterocycles. The van der Waals surface area contributed by atoms with Crippen LogP contribution in [-0.2, 0) is 10.3 Å². The molecular formula is C23H25N3O6. The van der Waals surface area contributed by atoms with Gasteiger partial charge in [-0.05, 0) is 48.4 Å². The van der Waals surface area contributed by atoms with Crippen LogP contribution in [-0.4, -0.2) is 21.5 Å². The predicted molar refractivity (Wildman–Crippen MR) is 119 cm³/mol. The molecule has 1 unspecified atom stereocenters. The van der Waals surface area contributed by atoms with E-state index in [1.807, 2.05) is 12.1 Å². The second-order valence-corrected chi connectivity index (χ2v) is 8.84. The first-order valence-corrected chi connectivity index (χ1v) is 10.4. The number of nitro groups is 2. The molecule has 0 radical (unpaired) electrons. The predicted octanol–water partition coefficient (Wildman–Crippen LogP) is 5.67. The van der Waals surface area contributed by atoms with Crippen molar-refractivity contribution in [3.63, 3.8) is 0 Å². The monoisotopic (exact) mass is 439 g/mol. The van der Waals surface area contributed by atoms with E-state index in [9.17, 15) is 25.0 Å². The van der Waals surface area contributed by atoms with Crippen molar-refractivity contribution in [1.29, 1.82) is 0 Å². The van der Waals surface area contributed by atoms with Crippen LogP contribution in [0.5, 0.6) is 0 Å². The molecular weight excluding hydrogens is 414 g/mol. The maximum absolute atomic E-state index is 12.5. The maximum Gasteiger partial charge on any atom is 0.365 e. The highest BCUT2D eigenvalue weighted by Gasteiger charge is 2.31. The summed E-state index contributed by atoms with van der Waals surface area (Å²) in [6.45, 7) is 6.23. The van der Waals surface area contributed by atoms with Crippen LogP contribution in [0.25, 0.3) is 0 Å². The van der Waals surface area contributed by atoms with Gasteiger partial charge in [0.25, 0.3) is 11.4 Å². The van der Waals surface area contributed by atoms with Crippen LogP contribution in [0.2, 0.25) is 0 Å². The van der Waals surface area contributed by atoms with Gasteiger partial charge in [-0.15, -0.1) is 0 Å². The molecule has 0 amide bonds. The van der Waals surface area contributed by atoms with Crippen molar-refractivity contribution in [3.8, 4) is 0 Å². The first kappa shape index (κ1) is 23.1. The van der Waals surface area contributed by atoms with Gasteiger partial charge in [0.05, 0.1) is 27.2 Å². The van der Waals surface area contributed by atoms with Gasteiger partial charge in [0, 0.05) is 17.5 Å². The number of benzene rings is 2. The van der Waals surface area contributed by atoms with E-state index in [2.05, 4.69) is 25.9 Å². The van der Waals surface area contributed by atoms with Crippen molar-refractivity contribution >= 4 is 23.1 Å². The minimum atomic E-state index is -0.667. The number of nitro benzene ring substituents is 2. The van der Waals surface area contributed by atoms with E-state index in [-0.39, 0.29) is 16.8 Å². The summed E-state index contributed by atoms with van der Waals surface area (Å²) < 4.78 is 0. The highest BCUT2D eigenvalue weighted by molar-refractivity contribution is 5.94. The van der Waals surface area contributed by atoms with Gasteiger partial charge in [-0.1, -0.05) is 44.5 Å². The molecule has 0 bridgehead atoms. The van der Waals surface area contributed by atoms with E-state index in [0.29, 0.717) is 29.7 Å². The molecule has 32 heavy (non-hydrogen) atoms. The van der Waals surface area contributed by atoms with E-state index in [1.54, 1.807) is 12.1 Å². The maximum atomic E-state index is 12.5. The minimum Gasteiger partial charge on any atom is -0.313 e. The quantitative estimate of drug-likeness (QED) is 0.336. The van der Waals surface area contributed by atoms with Crippen molar-refractivity contribution < 1.29 is 19.5 Å². The summed E-state index contributed by atoms with van der Waals surface area (Å²) in [5.74, 6) is -1.05. The third kappa shape index (κ3) is 5.16. The summed E-state index contributed by atoms with van der Waals surface area (Å²) in [7, 11) is 0. The highest BCUT2D eigenvalue weighted by atomic mass is 16.7. The summed E-state index contributed by atoms with van der Waals surface area (Å²) in [5, 5.41) is 26.6. The fourth-order valence-corrected chi connectivity index (χ4v) is 3.80. The second-order valence-electron chi connectivity index (χ2n) is 8.84. The summed E-state index contributed by atoms with van der Waals surface area (Å²) in [6.07, 6.45) is 2.73. The molecule has 1 aliphatic carbocycles. The zero-order chi connectivity index (χ0) is 23.5. The van der Waals surface area contributed by atoms with Crippen molar-refractivity contribution in [2.45, 2.75) is 57.8 Å². The van der Waals surface area contributed by atoms with Gasteiger partial charge in [-0.3, -0.25) is 20.2 Å². The molecule has 1 aliphatic rings. The van der Waals surface area contributed by atoms with E-state index in [1.165, 1.54) is 12.1 Å². The first-order chi connectivity index (χ1) is 15.1. The number of hydrogen-bond donors (Lipinski definition) is 0. The third-order valence-corrected chi connectivity index (χ3v) is 5.61. The standard InChI is InChI=1S/C23H25N3O6/c1-23(2,3)16-10-8-15(9-11-16)22(27)32-24-20-7-5-4-6-18(20)19-13-12-17(25(28)29)14-21(19)26(30)31/h8-14,18H,4-7H2,1-3H3/b24-20+. The molecule has 1 atom stereocenters. The molecule has 2 aromatic rings. The van der Waals surface area contributed by atoms with E-state index >= 15 is 0 Å². The summed E-state index contributed by atoms with van der Waals surface area (Å²) >= 11 is 0. The Labute approximate surface area is 185 Å². The van der Waals surface area contributed by atoms with E-state index in [0.717, 1.165) is 24.5 Å².